The number of aromatic nitrogens is 2. The average molecular weight is 378 g/mol. The molecule has 0 atom stereocenters. The topological polar surface area (TPSA) is 50.6 Å². The average Bonchev–Trinajstić information content (AvgIpc) is 3.16. The van der Waals surface area contributed by atoms with Crippen LogP contribution in [0.2, 0.25) is 0 Å². The van der Waals surface area contributed by atoms with Gasteiger partial charge in [-0.25, -0.2) is 9.78 Å². The van der Waals surface area contributed by atoms with Crippen molar-refractivity contribution < 1.29 is 9.53 Å². The monoisotopic (exact) mass is 378 g/mol. The molecule has 0 bridgehead atoms. The van der Waals surface area contributed by atoms with Gasteiger partial charge in [0.2, 0.25) is 0 Å². The van der Waals surface area contributed by atoms with Crippen LogP contribution in [0.15, 0.2) is 48.8 Å². The Morgan fingerprint density at radius 3 is 2.64 bits per heavy atom. The number of imidazole rings is 1. The lowest BCUT2D eigenvalue weighted by Crippen LogP contribution is -2.44. The Balaban J connectivity index is 1.61. The summed E-state index contributed by atoms with van der Waals surface area (Å²) in [5.74, 6) is -0.296. The first-order valence-corrected chi connectivity index (χ1v) is 9.84. The molecule has 0 unspecified atom stereocenters. The van der Waals surface area contributed by atoms with Crippen LogP contribution in [-0.4, -0.2) is 60.3 Å². The van der Waals surface area contributed by atoms with E-state index in [4.69, 9.17) is 4.74 Å². The van der Waals surface area contributed by atoms with Gasteiger partial charge in [0.25, 0.3) is 0 Å². The molecule has 0 saturated carbocycles. The number of benzene rings is 2. The van der Waals surface area contributed by atoms with E-state index in [9.17, 15) is 4.79 Å². The van der Waals surface area contributed by atoms with E-state index in [1.54, 1.807) is 6.07 Å². The van der Waals surface area contributed by atoms with E-state index in [0.29, 0.717) is 12.2 Å². The largest absolute Gasteiger partial charge is 0.462 e. The lowest BCUT2D eigenvalue weighted by Gasteiger charge is -2.34. The van der Waals surface area contributed by atoms with Gasteiger partial charge in [0, 0.05) is 37.6 Å². The zero-order chi connectivity index (χ0) is 19.5. The first-order valence-electron chi connectivity index (χ1n) is 9.84. The number of carbonyl (C=O) groups excluding carboxylic acids is 1. The minimum absolute atomic E-state index is 0.296. The number of hydrogen-bond donors (Lipinski definition) is 0. The molecular formula is C22H26N4O2. The molecule has 2 aromatic carbocycles. The summed E-state index contributed by atoms with van der Waals surface area (Å²) >= 11 is 0. The van der Waals surface area contributed by atoms with Crippen molar-refractivity contribution in [2.45, 2.75) is 13.3 Å². The van der Waals surface area contributed by atoms with E-state index in [1.165, 1.54) is 5.69 Å². The summed E-state index contributed by atoms with van der Waals surface area (Å²) in [4.78, 5) is 21.4. The lowest BCUT2D eigenvalue weighted by atomic mass is 10.2. The summed E-state index contributed by atoms with van der Waals surface area (Å²) < 4.78 is 7.29. The molecule has 3 aromatic rings. The highest BCUT2D eigenvalue weighted by molar-refractivity contribution is 5.94. The van der Waals surface area contributed by atoms with Gasteiger partial charge in [-0.2, -0.15) is 0 Å². The molecule has 1 saturated heterocycles. The van der Waals surface area contributed by atoms with Crippen molar-refractivity contribution in [1.29, 1.82) is 0 Å². The maximum Gasteiger partial charge on any atom is 0.338 e. The molecule has 4 rings (SSSR count). The summed E-state index contributed by atoms with van der Waals surface area (Å²) in [6, 6.07) is 14.1. The fourth-order valence-electron chi connectivity index (χ4n) is 3.53. The van der Waals surface area contributed by atoms with Crippen molar-refractivity contribution in [1.82, 2.24) is 14.5 Å². The minimum atomic E-state index is -0.296. The van der Waals surface area contributed by atoms with Crippen molar-refractivity contribution in [3.8, 4) is 5.69 Å². The predicted octanol–water partition coefficient (Wildman–Crippen LogP) is 3.34. The molecule has 146 valence electrons. The number of likely N-dealkylation sites (N-methyl/N-ethyl adjacent to an activating group) is 1. The Bertz CT molecular complexity index is 974. The van der Waals surface area contributed by atoms with E-state index in [-0.39, 0.29) is 5.97 Å². The maximum atomic E-state index is 12.1. The van der Waals surface area contributed by atoms with Gasteiger partial charge in [0.05, 0.1) is 23.2 Å². The van der Waals surface area contributed by atoms with Crippen LogP contribution in [0, 0.1) is 0 Å². The standard InChI is InChI=1S/C22H26N4O2/c1-3-13-28-22(27)17-7-8-21-20(14-17)23-16-26(21)19-6-4-5-18(15-19)25-11-9-24(2)10-12-25/h4-8,14-16H,3,9-13H2,1-2H3. The van der Waals surface area contributed by atoms with Crippen LogP contribution in [0.3, 0.4) is 0 Å². The molecule has 6 heteroatoms. The van der Waals surface area contributed by atoms with Gasteiger partial charge in [-0.3, -0.25) is 4.57 Å². The van der Waals surface area contributed by atoms with E-state index in [0.717, 1.165) is 49.3 Å². The highest BCUT2D eigenvalue weighted by Gasteiger charge is 2.15. The second-order valence-electron chi connectivity index (χ2n) is 7.26. The summed E-state index contributed by atoms with van der Waals surface area (Å²) in [5.41, 5.74) is 4.60. The molecule has 0 radical (unpaired) electrons. The van der Waals surface area contributed by atoms with Crippen LogP contribution in [0.5, 0.6) is 0 Å². The van der Waals surface area contributed by atoms with Crippen molar-refractivity contribution in [3.05, 3.63) is 54.4 Å². The van der Waals surface area contributed by atoms with Crippen molar-refractivity contribution >= 4 is 22.7 Å². The third-order valence-electron chi connectivity index (χ3n) is 5.20. The van der Waals surface area contributed by atoms with E-state index in [2.05, 4.69) is 50.7 Å². The maximum absolute atomic E-state index is 12.1. The summed E-state index contributed by atoms with van der Waals surface area (Å²) in [7, 11) is 2.16. The van der Waals surface area contributed by atoms with Crippen molar-refractivity contribution in [2.24, 2.45) is 0 Å². The molecule has 0 aliphatic carbocycles. The highest BCUT2D eigenvalue weighted by atomic mass is 16.5. The number of ether oxygens (including phenoxy) is 1. The quantitative estimate of drug-likeness (QED) is 0.638. The second-order valence-corrected chi connectivity index (χ2v) is 7.26. The van der Waals surface area contributed by atoms with Gasteiger partial charge < -0.3 is 14.5 Å². The third-order valence-corrected chi connectivity index (χ3v) is 5.20. The molecule has 1 fully saturated rings. The third kappa shape index (κ3) is 3.73. The number of nitrogens with zero attached hydrogens (tertiary/aromatic N) is 4. The Labute approximate surface area is 165 Å². The molecule has 0 N–H and O–H groups in total. The normalized spacial score (nSPS) is 15.1. The van der Waals surface area contributed by atoms with Gasteiger partial charge >= 0.3 is 5.97 Å². The van der Waals surface area contributed by atoms with Gasteiger partial charge in [0.1, 0.15) is 6.33 Å². The molecule has 1 aromatic heterocycles. The van der Waals surface area contributed by atoms with Crippen molar-refractivity contribution in [2.75, 3.05) is 44.7 Å². The van der Waals surface area contributed by atoms with Crippen LogP contribution < -0.4 is 4.90 Å². The molecule has 1 aliphatic heterocycles. The number of fused-ring (bicyclic) bond motifs is 1. The summed E-state index contributed by atoms with van der Waals surface area (Å²) in [6.07, 6.45) is 2.63. The number of anilines is 1. The van der Waals surface area contributed by atoms with Crippen LogP contribution in [0.1, 0.15) is 23.7 Å². The van der Waals surface area contributed by atoms with Crippen LogP contribution >= 0.6 is 0 Å². The zero-order valence-corrected chi connectivity index (χ0v) is 16.5. The summed E-state index contributed by atoms with van der Waals surface area (Å²) in [6.45, 7) is 6.64. The molecule has 2 heterocycles. The number of esters is 1. The molecule has 0 amide bonds. The van der Waals surface area contributed by atoms with Gasteiger partial charge in [-0.15, -0.1) is 0 Å². The fourth-order valence-corrected chi connectivity index (χ4v) is 3.53. The van der Waals surface area contributed by atoms with Gasteiger partial charge in [-0.1, -0.05) is 13.0 Å². The molecule has 28 heavy (non-hydrogen) atoms. The first-order chi connectivity index (χ1) is 13.7. The Morgan fingerprint density at radius 2 is 1.86 bits per heavy atom. The Kier molecular flexibility index (Phi) is 5.30. The molecule has 0 spiro atoms. The van der Waals surface area contributed by atoms with Gasteiger partial charge in [0.15, 0.2) is 0 Å². The highest BCUT2D eigenvalue weighted by Crippen LogP contribution is 2.24. The second kappa shape index (κ2) is 8.02. The first kappa shape index (κ1) is 18.5. The lowest BCUT2D eigenvalue weighted by molar-refractivity contribution is 0.0505. The minimum Gasteiger partial charge on any atom is -0.462 e. The molecule has 1 aliphatic rings. The van der Waals surface area contributed by atoms with Crippen molar-refractivity contribution in [3.63, 3.8) is 0 Å². The van der Waals surface area contributed by atoms with Crippen LogP contribution in [0.4, 0.5) is 5.69 Å². The SMILES string of the molecule is CCCOC(=O)c1ccc2c(c1)ncn2-c1cccc(N2CCN(C)CC2)c1. The predicted molar refractivity (Wildman–Crippen MR) is 111 cm³/mol. The van der Waals surface area contributed by atoms with E-state index in [1.807, 2.05) is 25.4 Å². The number of carbonyl (C=O) groups is 1. The van der Waals surface area contributed by atoms with Crippen LogP contribution in [-0.2, 0) is 4.74 Å². The summed E-state index contributed by atoms with van der Waals surface area (Å²) in [5, 5.41) is 0. The smallest absolute Gasteiger partial charge is 0.338 e. The zero-order valence-electron chi connectivity index (χ0n) is 16.5. The van der Waals surface area contributed by atoms with E-state index >= 15 is 0 Å². The molecule has 6 nitrogen and oxygen atoms in total. The number of hydrogen-bond acceptors (Lipinski definition) is 5. The van der Waals surface area contributed by atoms with Crippen LogP contribution in [0.25, 0.3) is 16.7 Å². The number of rotatable bonds is 5. The van der Waals surface area contributed by atoms with Gasteiger partial charge in [-0.05, 0) is 49.9 Å². The number of piperazine rings is 1. The Hall–Kier alpha value is -2.86. The Morgan fingerprint density at radius 1 is 1.07 bits per heavy atom. The molecular weight excluding hydrogens is 352 g/mol. The van der Waals surface area contributed by atoms with E-state index < -0.39 is 0 Å². The fraction of sp³-hybridized carbons (Fsp3) is 0.364.